The summed E-state index contributed by atoms with van der Waals surface area (Å²) in [5, 5.41) is 0. The number of hydrogen-bond donors (Lipinski definition) is 0. The first kappa shape index (κ1) is 12.0. The Morgan fingerprint density at radius 1 is 1.21 bits per heavy atom. The first-order chi connectivity index (χ1) is 9.31. The first-order valence-electron chi connectivity index (χ1n) is 6.56. The molecule has 0 bridgehead atoms. The molecule has 1 aliphatic rings. The summed E-state index contributed by atoms with van der Waals surface area (Å²) in [6.07, 6.45) is 4.86. The summed E-state index contributed by atoms with van der Waals surface area (Å²) in [7, 11) is 0. The van der Waals surface area contributed by atoms with Crippen molar-refractivity contribution < 1.29 is 4.74 Å². The lowest BCUT2D eigenvalue weighted by Gasteiger charge is -2.17. The number of anilines is 1. The van der Waals surface area contributed by atoms with Crippen LogP contribution in [0.5, 0.6) is 5.88 Å². The van der Waals surface area contributed by atoms with Gasteiger partial charge in [0.2, 0.25) is 5.88 Å². The Labute approximate surface area is 113 Å². The molecule has 3 rings (SSSR count). The van der Waals surface area contributed by atoms with Gasteiger partial charge in [0.25, 0.3) is 0 Å². The average molecular weight is 255 g/mol. The second-order valence-corrected chi connectivity index (χ2v) is 4.84. The molecule has 0 spiro atoms. The molecule has 4 heteroatoms. The summed E-state index contributed by atoms with van der Waals surface area (Å²) < 4.78 is 5.90. The van der Waals surface area contributed by atoms with E-state index in [0.717, 1.165) is 30.9 Å². The highest BCUT2D eigenvalue weighted by Crippen LogP contribution is 2.20. The molecule has 2 aromatic heterocycles. The number of ether oxygens (including phenoxy) is 1. The number of pyridine rings is 2. The van der Waals surface area contributed by atoms with Crippen molar-refractivity contribution >= 4 is 5.82 Å². The first-order valence-corrected chi connectivity index (χ1v) is 6.56. The molecule has 0 saturated carbocycles. The molecule has 1 fully saturated rings. The van der Waals surface area contributed by atoms with Gasteiger partial charge in [0.1, 0.15) is 11.9 Å². The van der Waals surface area contributed by atoms with Crippen molar-refractivity contribution in [1.29, 1.82) is 0 Å². The Hall–Kier alpha value is -2.10. The molecule has 1 aliphatic heterocycles. The zero-order valence-corrected chi connectivity index (χ0v) is 11.0. The van der Waals surface area contributed by atoms with Crippen LogP contribution in [0, 0.1) is 6.92 Å². The number of nitrogens with zero attached hydrogens (tertiary/aromatic N) is 3. The van der Waals surface area contributed by atoms with Crippen molar-refractivity contribution in [3.8, 4) is 5.88 Å². The van der Waals surface area contributed by atoms with E-state index in [1.165, 1.54) is 0 Å². The van der Waals surface area contributed by atoms with Crippen molar-refractivity contribution in [2.24, 2.45) is 0 Å². The summed E-state index contributed by atoms with van der Waals surface area (Å²) in [5.41, 5.74) is 1.15. The molecular weight excluding hydrogens is 238 g/mol. The van der Waals surface area contributed by atoms with Gasteiger partial charge in [-0.2, -0.15) is 0 Å². The monoisotopic (exact) mass is 255 g/mol. The van der Waals surface area contributed by atoms with E-state index in [9.17, 15) is 0 Å². The predicted molar refractivity (Wildman–Crippen MR) is 74.5 cm³/mol. The van der Waals surface area contributed by atoms with Crippen molar-refractivity contribution in [2.75, 3.05) is 18.0 Å². The van der Waals surface area contributed by atoms with E-state index in [2.05, 4.69) is 14.9 Å². The minimum atomic E-state index is 0.192. The van der Waals surface area contributed by atoms with Gasteiger partial charge in [-0.05, 0) is 24.6 Å². The highest BCUT2D eigenvalue weighted by atomic mass is 16.5. The molecule has 0 radical (unpaired) electrons. The van der Waals surface area contributed by atoms with Gasteiger partial charge in [0.15, 0.2) is 0 Å². The second-order valence-electron chi connectivity index (χ2n) is 4.84. The molecule has 0 aromatic carbocycles. The summed E-state index contributed by atoms with van der Waals surface area (Å²) in [4.78, 5) is 10.9. The Kier molecular flexibility index (Phi) is 3.31. The van der Waals surface area contributed by atoms with Crippen LogP contribution >= 0.6 is 0 Å². The van der Waals surface area contributed by atoms with E-state index in [1.54, 1.807) is 0 Å². The fourth-order valence-corrected chi connectivity index (χ4v) is 2.27. The van der Waals surface area contributed by atoms with Crippen LogP contribution in [0.25, 0.3) is 0 Å². The van der Waals surface area contributed by atoms with Gasteiger partial charge in [0, 0.05) is 31.4 Å². The summed E-state index contributed by atoms with van der Waals surface area (Å²) in [6, 6.07) is 9.93. The van der Waals surface area contributed by atoms with Gasteiger partial charge < -0.3 is 9.64 Å². The van der Waals surface area contributed by atoms with E-state index >= 15 is 0 Å². The highest BCUT2D eigenvalue weighted by molar-refractivity contribution is 5.39. The third-order valence-corrected chi connectivity index (χ3v) is 3.29. The van der Waals surface area contributed by atoms with Crippen molar-refractivity contribution in [1.82, 2.24) is 9.97 Å². The highest BCUT2D eigenvalue weighted by Gasteiger charge is 2.25. The van der Waals surface area contributed by atoms with Crippen molar-refractivity contribution in [3.05, 3.63) is 48.3 Å². The largest absolute Gasteiger partial charge is 0.472 e. The van der Waals surface area contributed by atoms with Gasteiger partial charge >= 0.3 is 0 Å². The maximum atomic E-state index is 5.90. The summed E-state index contributed by atoms with van der Waals surface area (Å²) >= 11 is 0. The topological polar surface area (TPSA) is 38.2 Å². The van der Waals surface area contributed by atoms with Crippen LogP contribution in [0.4, 0.5) is 5.82 Å². The second kappa shape index (κ2) is 5.26. The maximum Gasteiger partial charge on any atom is 0.213 e. The van der Waals surface area contributed by atoms with Crippen molar-refractivity contribution in [2.45, 2.75) is 19.4 Å². The van der Waals surface area contributed by atoms with E-state index in [1.807, 2.05) is 49.6 Å². The third kappa shape index (κ3) is 2.84. The van der Waals surface area contributed by atoms with Gasteiger partial charge in [-0.1, -0.05) is 12.1 Å². The molecular formula is C15H17N3O. The molecule has 3 heterocycles. The lowest BCUT2D eigenvalue weighted by atomic mass is 10.3. The molecule has 0 amide bonds. The smallest absolute Gasteiger partial charge is 0.213 e. The molecule has 2 aromatic rings. The Balaban J connectivity index is 1.62. The van der Waals surface area contributed by atoms with Crippen LogP contribution in [-0.4, -0.2) is 29.2 Å². The van der Waals surface area contributed by atoms with Crippen LogP contribution in [0.15, 0.2) is 42.7 Å². The zero-order valence-electron chi connectivity index (χ0n) is 11.0. The van der Waals surface area contributed by atoms with Gasteiger partial charge in [-0.3, -0.25) is 0 Å². The molecule has 1 saturated heterocycles. The van der Waals surface area contributed by atoms with Gasteiger partial charge in [-0.25, -0.2) is 9.97 Å². The van der Waals surface area contributed by atoms with Crippen LogP contribution < -0.4 is 9.64 Å². The standard InChI is InChI=1S/C15H17N3O/c1-12-5-6-15(17-10-12)19-13-7-9-18(11-13)14-4-2-3-8-16-14/h2-6,8,10,13H,7,9,11H2,1H3. The average Bonchev–Trinajstić information content (AvgIpc) is 2.91. The normalized spacial score (nSPS) is 18.6. The quantitative estimate of drug-likeness (QED) is 0.844. The predicted octanol–water partition coefficient (Wildman–Crippen LogP) is 2.44. The van der Waals surface area contributed by atoms with Crippen LogP contribution in [0.2, 0.25) is 0 Å². The Bertz CT molecular complexity index is 527. The van der Waals surface area contributed by atoms with Crippen LogP contribution in [0.1, 0.15) is 12.0 Å². The number of aryl methyl sites for hydroxylation is 1. The van der Waals surface area contributed by atoms with Gasteiger partial charge in [-0.15, -0.1) is 0 Å². The van der Waals surface area contributed by atoms with E-state index < -0.39 is 0 Å². The fourth-order valence-electron chi connectivity index (χ4n) is 2.27. The summed E-state index contributed by atoms with van der Waals surface area (Å²) in [5.74, 6) is 1.73. The fraction of sp³-hybridized carbons (Fsp3) is 0.333. The summed E-state index contributed by atoms with van der Waals surface area (Å²) in [6.45, 7) is 3.87. The molecule has 4 nitrogen and oxygen atoms in total. The number of hydrogen-bond acceptors (Lipinski definition) is 4. The molecule has 19 heavy (non-hydrogen) atoms. The Morgan fingerprint density at radius 2 is 2.16 bits per heavy atom. The maximum absolute atomic E-state index is 5.90. The number of aromatic nitrogens is 2. The van der Waals surface area contributed by atoms with E-state index in [-0.39, 0.29) is 6.10 Å². The van der Waals surface area contributed by atoms with Crippen molar-refractivity contribution in [3.63, 3.8) is 0 Å². The minimum Gasteiger partial charge on any atom is -0.472 e. The lowest BCUT2D eigenvalue weighted by Crippen LogP contribution is -2.25. The molecule has 1 unspecified atom stereocenters. The van der Waals surface area contributed by atoms with Crippen LogP contribution in [-0.2, 0) is 0 Å². The minimum absolute atomic E-state index is 0.192. The van der Waals surface area contributed by atoms with Gasteiger partial charge in [0.05, 0.1) is 6.54 Å². The van der Waals surface area contributed by atoms with Crippen LogP contribution in [0.3, 0.4) is 0 Å². The number of rotatable bonds is 3. The Morgan fingerprint density at radius 3 is 2.89 bits per heavy atom. The van der Waals surface area contributed by atoms with E-state index in [4.69, 9.17) is 4.74 Å². The third-order valence-electron chi connectivity index (χ3n) is 3.29. The molecule has 0 aliphatic carbocycles. The molecule has 1 atom stereocenters. The SMILES string of the molecule is Cc1ccc(OC2CCN(c3ccccn3)C2)nc1. The van der Waals surface area contributed by atoms with E-state index in [0.29, 0.717) is 5.88 Å². The lowest BCUT2D eigenvalue weighted by molar-refractivity contribution is 0.216. The molecule has 0 N–H and O–H groups in total. The molecule has 98 valence electrons. The zero-order chi connectivity index (χ0) is 13.1.